The predicted octanol–water partition coefficient (Wildman–Crippen LogP) is 3.37. The van der Waals surface area contributed by atoms with E-state index in [0.29, 0.717) is 30.9 Å². The number of hydrogen-bond donors (Lipinski definition) is 1. The van der Waals surface area contributed by atoms with Gasteiger partial charge < -0.3 is 14.8 Å². The number of carbonyl (C=O) groups is 1. The lowest BCUT2D eigenvalue weighted by molar-refractivity contribution is -0.121. The second kappa shape index (κ2) is 10.8. The molecule has 0 bridgehead atoms. The first-order valence-corrected chi connectivity index (χ1v) is 12.0. The van der Waals surface area contributed by atoms with E-state index in [0.717, 1.165) is 15.6 Å². The van der Waals surface area contributed by atoms with Gasteiger partial charge in [-0.2, -0.15) is 0 Å². The standard InChI is InChI=1S/C24H34N2O5S/c1-24(2,3)20-9-7-8-10-22(20)31-16-15-25-23(27)14-11-18-17-19(12-13-21(18)30-6)32(28,29)26(4)5/h7-10,12-13,17H,11,14-16H2,1-6H3,(H,25,27). The number of nitrogens with zero attached hydrogens (tertiary/aromatic N) is 1. The molecule has 0 spiro atoms. The smallest absolute Gasteiger partial charge is 0.242 e. The molecule has 0 atom stereocenters. The number of aryl methyl sites for hydroxylation is 1. The molecule has 0 aliphatic heterocycles. The Bertz CT molecular complexity index is 1030. The van der Waals surface area contributed by atoms with Gasteiger partial charge in [0, 0.05) is 20.5 Å². The molecule has 7 nitrogen and oxygen atoms in total. The molecule has 0 aliphatic rings. The number of sulfonamides is 1. The van der Waals surface area contributed by atoms with Crippen LogP contribution >= 0.6 is 0 Å². The maximum absolute atomic E-state index is 12.4. The zero-order chi connectivity index (χ0) is 23.9. The second-order valence-corrected chi connectivity index (χ2v) is 10.9. The minimum Gasteiger partial charge on any atom is -0.496 e. The van der Waals surface area contributed by atoms with E-state index in [-0.39, 0.29) is 22.6 Å². The molecular weight excluding hydrogens is 428 g/mol. The van der Waals surface area contributed by atoms with Crippen LogP contribution in [0.5, 0.6) is 11.5 Å². The molecule has 32 heavy (non-hydrogen) atoms. The normalized spacial score (nSPS) is 12.0. The zero-order valence-corrected chi connectivity index (χ0v) is 20.6. The summed E-state index contributed by atoms with van der Waals surface area (Å²) in [7, 11) is 0.921. The van der Waals surface area contributed by atoms with Crippen molar-refractivity contribution in [1.29, 1.82) is 0 Å². The first kappa shape index (κ1) is 25.7. The highest BCUT2D eigenvalue weighted by Gasteiger charge is 2.20. The van der Waals surface area contributed by atoms with E-state index in [2.05, 4.69) is 26.1 Å². The summed E-state index contributed by atoms with van der Waals surface area (Å²) in [6.07, 6.45) is 0.569. The van der Waals surface area contributed by atoms with E-state index in [1.54, 1.807) is 12.1 Å². The maximum atomic E-state index is 12.4. The van der Waals surface area contributed by atoms with Crippen LogP contribution in [0, 0.1) is 0 Å². The number of amides is 1. The Balaban J connectivity index is 1.91. The largest absolute Gasteiger partial charge is 0.496 e. The lowest BCUT2D eigenvalue weighted by Crippen LogP contribution is -2.28. The fourth-order valence-corrected chi connectivity index (χ4v) is 4.17. The SMILES string of the molecule is COc1ccc(S(=O)(=O)N(C)C)cc1CCC(=O)NCCOc1ccccc1C(C)(C)C. The van der Waals surface area contributed by atoms with Crippen LogP contribution in [0.4, 0.5) is 0 Å². The molecule has 2 rings (SSSR count). The van der Waals surface area contributed by atoms with Gasteiger partial charge in [0.1, 0.15) is 18.1 Å². The van der Waals surface area contributed by atoms with Crippen LogP contribution in [0.2, 0.25) is 0 Å². The number of carbonyl (C=O) groups excluding carboxylic acids is 1. The van der Waals surface area contributed by atoms with Crippen molar-refractivity contribution in [2.24, 2.45) is 0 Å². The van der Waals surface area contributed by atoms with Crippen molar-refractivity contribution in [3.05, 3.63) is 53.6 Å². The van der Waals surface area contributed by atoms with Crippen LogP contribution in [0.25, 0.3) is 0 Å². The summed E-state index contributed by atoms with van der Waals surface area (Å²) in [5.41, 5.74) is 1.75. The molecule has 0 heterocycles. The Morgan fingerprint density at radius 1 is 1.06 bits per heavy atom. The minimum absolute atomic E-state index is 0.0342. The molecule has 0 radical (unpaired) electrons. The molecular formula is C24H34N2O5S. The Morgan fingerprint density at radius 3 is 2.38 bits per heavy atom. The number of hydrogen-bond acceptors (Lipinski definition) is 5. The molecule has 1 amide bonds. The zero-order valence-electron chi connectivity index (χ0n) is 19.8. The summed E-state index contributed by atoms with van der Waals surface area (Å²) in [6.45, 7) is 7.13. The Kier molecular flexibility index (Phi) is 8.69. The van der Waals surface area contributed by atoms with Crippen molar-refractivity contribution < 1.29 is 22.7 Å². The first-order valence-electron chi connectivity index (χ1n) is 10.5. The summed E-state index contributed by atoms with van der Waals surface area (Å²) in [4.78, 5) is 12.5. The Labute approximate surface area is 191 Å². The molecule has 0 fully saturated rings. The average Bonchev–Trinajstić information content (AvgIpc) is 2.74. The highest BCUT2D eigenvalue weighted by atomic mass is 32.2. The lowest BCUT2D eigenvalue weighted by Gasteiger charge is -2.22. The van der Waals surface area contributed by atoms with Crippen LogP contribution < -0.4 is 14.8 Å². The second-order valence-electron chi connectivity index (χ2n) is 8.71. The van der Waals surface area contributed by atoms with Crippen molar-refractivity contribution in [3.8, 4) is 11.5 Å². The number of nitrogens with one attached hydrogen (secondary N) is 1. The summed E-state index contributed by atoms with van der Waals surface area (Å²) < 4.78 is 37.2. The highest BCUT2D eigenvalue weighted by molar-refractivity contribution is 7.89. The summed E-state index contributed by atoms with van der Waals surface area (Å²) in [5.74, 6) is 1.23. The molecule has 0 saturated carbocycles. The fraction of sp³-hybridized carbons (Fsp3) is 0.458. The molecule has 0 aliphatic carbocycles. The molecule has 1 N–H and O–H groups in total. The lowest BCUT2D eigenvalue weighted by atomic mass is 9.86. The third-order valence-corrected chi connectivity index (χ3v) is 6.84. The van der Waals surface area contributed by atoms with Gasteiger partial charge in [0.2, 0.25) is 15.9 Å². The van der Waals surface area contributed by atoms with Crippen molar-refractivity contribution >= 4 is 15.9 Å². The quantitative estimate of drug-likeness (QED) is 0.547. The maximum Gasteiger partial charge on any atom is 0.242 e. The molecule has 0 unspecified atom stereocenters. The van der Waals surface area contributed by atoms with Crippen LogP contribution in [-0.4, -0.2) is 53.0 Å². The van der Waals surface area contributed by atoms with Gasteiger partial charge in [-0.25, -0.2) is 12.7 Å². The van der Waals surface area contributed by atoms with Gasteiger partial charge in [0.05, 0.1) is 18.6 Å². The minimum atomic E-state index is -3.56. The number of para-hydroxylation sites is 1. The van der Waals surface area contributed by atoms with Crippen LogP contribution in [0.3, 0.4) is 0 Å². The van der Waals surface area contributed by atoms with E-state index < -0.39 is 10.0 Å². The van der Waals surface area contributed by atoms with Gasteiger partial charge >= 0.3 is 0 Å². The van der Waals surface area contributed by atoms with Gasteiger partial charge in [-0.15, -0.1) is 0 Å². The Hall–Kier alpha value is -2.58. The van der Waals surface area contributed by atoms with Gasteiger partial charge in [-0.3, -0.25) is 4.79 Å². The molecule has 0 aromatic heterocycles. The first-order chi connectivity index (χ1) is 15.0. The van der Waals surface area contributed by atoms with E-state index >= 15 is 0 Å². The van der Waals surface area contributed by atoms with Crippen molar-refractivity contribution in [2.75, 3.05) is 34.4 Å². The molecule has 0 saturated heterocycles. The predicted molar refractivity (Wildman–Crippen MR) is 126 cm³/mol. The molecule has 176 valence electrons. The van der Waals surface area contributed by atoms with Crippen molar-refractivity contribution in [1.82, 2.24) is 9.62 Å². The van der Waals surface area contributed by atoms with Gasteiger partial charge in [-0.1, -0.05) is 39.0 Å². The van der Waals surface area contributed by atoms with Crippen LogP contribution in [-0.2, 0) is 26.7 Å². The number of benzene rings is 2. The summed E-state index contributed by atoms with van der Waals surface area (Å²) >= 11 is 0. The number of ether oxygens (including phenoxy) is 2. The van der Waals surface area contributed by atoms with Gasteiger partial charge in [0.25, 0.3) is 0 Å². The van der Waals surface area contributed by atoms with E-state index in [1.807, 2.05) is 24.3 Å². The molecule has 2 aromatic rings. The average molecular weight is 463 g/mol. The van der Waals surface area contributed by atoms with E-state index in [9.17, 15) is 13.2 Å². The highest BCUT2D eigenvalue weighted by Crippen LogP contribution is 2.30. The van der Waals surface area contributed by atoms with Gasteiger partial charge in [-0.05, 0) is 47.2 Å². The van der Waals surface area contributed by atoms with Crippen molar-refractivity contribution in [3.63, 3.8) is 0 Å². The third-order valence-electron chi connectivity index (χ3n) is 5.03. The van der Waals surface area contributed by atoms with E-state index in [1.165, 1.54) is 27.3 Å². The molecule has 2 aromatic carbocycles. The molecule has 8 heteroatoms. The fourth-order valence-electron chi connectivity index (χ4n) is 3.22. The van der Waals surface area contributed by atoms with Crippen LogP contribution in [0.15, 0.2) is 47.4 Å². The summed E-state index contributed by atoms with van der Waals surface area (Å²) in [5, 5.41) is 2.85. The van der Waals surface area contributed by atoms with Gasteiger partial charge in [0.15, 0.2) is 0 Å². The Morgan fingerprint density at radius 2 is 1.75 bits per heavy atom. The van der Waals surface area contributed by atoms with E-state index in [4.69, 9.17) is 9.47 Å². The number of methoxy groups -OCH3 is 1. The van der Waals surface area contributed by atoms with Crippen LogP contribution in [0.1, 0.15) is 38.3 Å². The number of rotatable bonds is 10. The third kappa shape index (κ3) is 6.71. The monoisotopic (exact) mass is 462 g/mol. The topological polar surface area (TPSA) is 84.9 Å². The summed E-state index contributed by atoms with van der Waals surface area (Å²) in [6, 6.07) is 12.6. The van der Waals surface area contributed by atoms with Crippen molar-refractivity contribution in [2.45, 2.75) is 43.9 Å².